The Bertz CT molecular complexity index is 302. The highest BCUT2D eigenvalue weighted by Gasteiger charge is 2.25. The average Bonchev–Trinajstić information content (AvgIpc) is 2.86. The molecule has 0 saturated carbocycles. The van der Waals surface area contributed by atoms with Crippen molar-refractivity contribution in [3.05, 3.63) is 11.7 Å². The summed E-state index contributed by atoms with van der Waals surface area (Å²) in [6.07, 6.45) is 2.06. The number of nitrogens with two attached hydrogens (primary N) is 1. The van der Waals surface area contributed by atoms with Crippen LogP contribution < -0.4 is 5.73 Å². The van der Waals surface area contributed by atoms with Crippen molar-refractivity contribution in [2.24, 2.45) is 5.73 Å². The lowest BCUT2D eigenvalue weighted by atomic mass is 10.1. The van der Waals surface area contributed by atoms with E-state index in [1.165, 1.54) is 0 Å². The van der Waals surface area contributed by atoms with Gasteiger partial charge >= 0.3 is 0 Å². The molecule has 5 nitrogen and oxygen atoms in total. The SMILES string of the molecule is CC(N)C(C)c1nc(C2CCCO2)no1. The van der Waals surface area contributed by atoms with Gasteiger partial charge in [-0.05, 0) is 19.8 Å². The predicted molar refractivity (Wildman–Crippen MR) is 54.3 cm³/mol. The van der Waals surface area contributed by atoms with Crippen molar-refractivity contribution < 1.29 is 9.26 Å². The summed E-state index contributed by atoms with van der Waals surface area (Å²) < 4.78 is 10.7. The second-order valence-electron chi connectivity index (χ2n) is 4.14. The van der Waals surface area contributed by atoms with Gasteiger partial charge in [-0.25, -0.2) is 0 Å². The molecule has 1 aromatic rings. The Kier molecular flexibility index (Phi) is 3.02. The summed E-state index contributed by atoms with van der Waals surface area (Å²) >= 11 is 0. The molecule has 2 N–H and O–H groups in total. The van der Waals surface area contributed by atoms with Gasteiger partial charge in [0.25, 0.3) is 0 Å². The van der Waals surface area contributed by atoms with Crippen LogP contribution >= 0.6 is 0 Å². The van der Waals surface area contributed by atoms with Gasteiger partial charge in [-0.3, -0.25) is 0 Å². The molecule has 0 amide bonds. The van der Waals surface area contributed by atoms with Crippen molar-refractivity contribution in [1.82, 2.24) is 10.1 Å². The Hall–Kier alpha value is -0.940. The molecule has 0 aromatic carbocycles. The van der Waals surface area contributed by atoms with Crippen LogP contribution in [0.15, 0.2) is 4.52 Å². The van der Waals surface area contributed by atoms with Crippen molar-refractivity contribution >= 4 is 0 Å². The van der Waals surface area contributed by atoms with Crippen molar-refractivity contribution in [1.29, 1.82) is 0 Å². The lowest BCUT2D eigenvalue weighted by Crippen LogP contribution is -2.22. The molecule has 0 spiro atoms. The Morgan fingerprint density at radius 1 is 1.47 bits per heavy atom. The van der Waals surface area contributed by atoms with Gasteiger partial charge in [0.15, 0.2) is 0 Å². The number of hydrogen-bond donors (Lipinski definition) is 1. The molecule has 1 aromatic heterocycles. The fourth-order valence-electron chi connectivity index (χ4n) is 1.57. The van der Waals surface area contributed by atoms with Crippen molar-refractivity contribution in [3.63, 3.8) is 0 Å². The van der Waals surface area contributed by atoms with Gasteiger partial charge in [0.1, 0.15) is 6.10 Å². The summed E-state index contributed by atoms with van der Waals surface area (Å²) in [7, 11) is 0. The van der Waals surface area contributed by atoms with Crippen LogP contribution in [0.25, 0.3) is 0 Å². The van der Waals surface area contributed by atoms with Gasteiger partial charge < -0.3 is 15.0 Å². The van der Waals surface area contributed by atoms with E-state index in [1.807, 2.05) is 13.8 Å². The van der Waals surface area contributed by atoms with Gasteiger partial charge in [-0.15, -0.1) is 0 Å². The summed E-state index contributed by atoms with van der Waals surface area (Å²) in [5, 5.41) is 3.94. The molecule has 1 aliphatic rings. The van der Waals surface area contributed by atoms with Crippen molar-refractivity contribution in [3.8, 4) is 0 Å². The van der Waals surface area contributed by atoms with E-state index in [0.717, 1.165) is 19.4 Å². The second kappa shape index (κ2) is 4.28. The summed E-state index contributed by atoms with van der Waals surface area (Å²) in [6.45, 7) is 4.70. The number of ether oxygens (including phenoxy) is 1. The molecule has 5 heteroatoms. The molecule has 0 aliphatic carbocycles. The third-order valence-corrected chi connectivity index (χ3v) is 2.85. The molecule has 15 heavy (non-hydrogen) atoms. The van der Waals surface area contributed by atoms with Crippen LogP contribution in [0.3, 0.4) is 0 Å². The minimum atomic E-state index is 0.0165. The van der Waals surface area contributed by atoms with Crippen LogP contribution in [0, 0.1) is 0 Å². The third-order valence-electron chi connectivity index (χ3n) is 2.85. The minimum absolute atomic E-state index is 0.0165. The fraction of sp³-hybridized carbons (Fsp3) is 0.800. The molecule has 84 valence electrons. The average molecular weight is 211 g/mol. The lowest BCUT2D eigenvalue weighted by Gasteiger charge is -2.09. The van der Waals surface area contributed by atoms with Crippen LogP contribution in [0.2, 0.25) is 0 Å². The molecule has 3 unspecified atom stereocenters. The zero-order chi connectivity index (χ0) is 10.8. The first kappa shape index (κ1) is 10.6. The van der Waals surface area contributed by atoms with Crippen LogP contribution in [-0.2, 0) is 4.74 Å². The fourth-order valence-corrected chi connectivity index (χ4v) is 1.57. The third kappa shape index (κ3) is 2.18. The zero-order valence-corrected chi connectivity index (χ0v) is 9.14. The maximum absolute atomic E-state index is 5.77. The largest absolute Gasteiger partial charge is 0.370 e. The molecule has 3 atom stereocenters. The first-order valence-corrected chi connectivity index (χ1v) is 5.39. The van der Waals surface area contributed by atoms with Crippen molar-refractivity contribution in [2.45, 2.75) is 44.8 Å². The Morgan fingerprint density at radius 2 is 2.27 bits per heavy atom. The van der Waals surface area contributed by atoms with E-state index >= 15 is 0 Å². The molecule has 1 fully saturated rings. The van der Waals surface area contributed by atoms with Crippen molar-refractivity contribution in [2.75, 3.05) is 6.61 Å². The molecular formula is C10H17N3O2. The van der Waals surface area contributed by atoms with Gasteiger partial charge in [0.2, 0.25) is 11.7 Å². The number of aromatic nitrogens is 2. The smallest absolute Gasteiger partial charge is 0.231 e. The van der Waals surface area contributed by atoms with Crippen LogP contribution in [0.1, 0.15) is 50.4 Å². The molecule has 1 aliphatic heterocycles. The molecule has 0 radical (unpaired) electrons. The van der Waals surface area contributed by atoms with E-state index < -0.39 is 0 Å². The number of hydrogen-bond acceptors (Lipinski definition) is 5. The predicted octanol–water partition coefficient (Wildman–Crippen LogP) is 1.37. The molecule has 1 saturated heterocycles. The van der Waals surface area contributed by atoms with Crippen LogP contribution in [0.4, 0.5) is 0 Å². The van der Waals surface area contributed by atoms with Crippen LogP contribution in [-0.4, -0.2) is 22.8 Å². The van der Waals surface area contributed by atoms with E-state index in [0.29, 0.717) is 11.7 Å². The van der Waals surface area contributed by atoms with Crippen LogP contribution in [0.5, 0.6) is 0 Å². The van der Waals surface area contributed by atoms with E-state index in [-0.39, 0.29) is 18.1 Å². The normalized spacial score (nSPS) is 25.4. The highest BCUT2D eigenvalue weighted by atomic mass is 16.5. The van der Waals surface area contributed by atoms with Gasteiger partial charge in [0.05, 0.1) is 5.92 Å². The zero-order valence-electron chi connectivity index (χ0n) is 9.14. The minimum Gasteiger partial charge on any atom is -0.370 e. The summed E-state index contributed by atoms with van der Waals surface area (Å²) in [4.78, 5) is 4.33. The maximum Gasteiger partial charge on any atom is 0.231 e. The summed E-state index contributed by atoms with van der Waals surface area (Å²) in [6, 6.07) is 0.0165. The highest BCUT2D eigenvalue weighted by Crippen LogP contribution is 2.27. The first-order chi connectivity index (χ1) is 7.18. The Labute approximate surface area is 89.0 Å². The topological polar surface area (TPSA) is 74.2 Å². The maximum atomic E-state index is 5.77. The van der Waals surface area contributed by atoms with Gasteiger partial charge in [-0.1, -0.05) is 12.1 Å². The molecule has 2 rings (SSSR count). The molecular weight excluding hydrogens is 194 g/mol. The molecule has 0 bridgehead atoms. The Morgan fingerprint density at radius 3 is 2.87 bits per heavy atom. The van der Waals surface area contributed by atoms with Gasteiger partial charge in [-0.2, -0.15) is 4.98 Å². The van der Waals surface area contributed by atoms with E-state index in [1.54, 1.807) is 0 Å². The standard InChI is InChI=1S/C10H17N3O2/c1-6(7(2)11)10-12-9(13-15-10)8-4-3-5-14-8/h6-8H,3-5,11H2,1-2H3. The van der Waals surface area contributed by atoms with E-state index in [4.69, 9.17) is 15.0 Å². The number of nitrogens with zero attached hydrogens (tertiary/aromatic N) is 2. The summed E-state index contributed by atoms with van der Waals surface area (Å²) in [5.41, 5.74) is 5.77. The number of rotatable bonds is 3. The second-order valence-corrected chi connectivity index (χ2v) is 4.14. The molecule has 2 heterocycles. The highest BCUT2D eigenvalue weighted by molar-refractivity contribution is 4.98. The Balaban J connectivity index is 2.09. The van der Waals surface area contributed by atoms with E-state index in [2.05, 4.69) is 10.1 Å². The monoisotopic (exact) mass is 211 g/mol. The first-order valence-electron chi connectivity index (χ1n) is 5.39. The van der Waals surface area contributed by atoms with Gasteiger partial charge in [0, 0.05) is 12.6 Å². The summed E-state index contributed by atoms with van der Waals surface area (Å²) in [5.74, 6) is 1.36. The van der Waals surface area contributed by atoms with E-state index in [9.17, 15) is 0 Å². The quantitative estimate of drug-likeness (QED) is 0.817. The lowest BCUT2D eigenvalue weighted by molar-refractivity contribution is 0.103.